The van der Waals surface area contributed by atoms with Gasteiger partial charge in [0.05, 0.1) is 12.3 Å². The largest absolute Gasteiger partial charge is 0.493 e. The van der Waals surface area contributed by atoms with Crippen molar-refractivity contribution in [1.29, 1.82) is 0 Å². The first kappa shape index (κ1) is 18.5. The number of nitrogens with zero attached hydrogens (tertiary/aromatic N) is 3. The van der Waals surface area contributed by atoms with E-state index in [1.165, 1.54) is 16.7 Å². The zero-order chi connectivity index (χ0) is 17.7. The van der Waals surface area contributed by atoms with E-state index in [0.717, 1.165) is 37.4 Å². The molecule has 1 atom stereocenters. The molecule has 0 aliphatic rings. The lowest BCUT2D eigenvalue weighted by atomic mass is 9.89. The van der Waals surface area contributed by atoms with Crippen LogP contribution in [0.2, 0.25) is 0 Å². The lowest BCUT2D eigenvalue weighted by Gasteiger charge is -2.22. The van der Waals surface area contributed by atoms with E-state index in [1.807, 2.05) is 4.68 Å². The molecule has 0 fully saturated rings. The maximum absolute atomic E-state index is 6.19. The summed E-state index contributed by atoms with van der Waals surface area (Å²) in [7, 11) is 0. The Kier molecular flexibility index (Phi) is 6.41. The number of aromatic nitrogens is 3. The Bertz CT molecular complexity index is 661. The lowest BCUT2D eigenvalue weighted by Crippen LogP contribution is -2.11. The molecule has 24 heavy (non-hydrogen) atoms. The van der Waals surface area contributed by atoms with Crippen LogP contribution < -0.4 is 4.74 Å². The highest BCUT2D eigenvalue weighted by atomic mass is 16.5. The van der Waals surface area contributed by atoms with Gasteiger partial charge < -0.3 is 4.74 Å². The minimum atomic E-state index is 0.396. The molecule has 0 saturated carbocycles. The summed E-state index contributed by atoms with van der Waals surface area (Å²) in [6.07, 6.45) is 4.01. The molecule has 0 aliphatic heterocycles. The van der Waals surface area contributed by atoms with Crippen molar-refractivity contribution < 1.29 is 4.74 Å². The first-order chi connectivity index (χ1) is 11.4. The first-order valence-corrected chi connectivity index (χ1v) is 9.07. The van der Waals surface area contributed by atoms with Gasteiger partial charge in [-0.25, -0.2) is 0 Å². The van der Waals surface area contributed by atoms with E-state index in [-0.39, 0.29) is 0 Å². The van der Waals surface area contributed by atoms with Crippen LogP contribution in [0.15, 0.2) is 18.3 Å². The van der Waals surface area contributed by atoms with E-state index in [9.17, 15) is 0 Å². The SMILES string of the molecule is CCC(Cc1cn(CC)nn1)c1cc(C)cc(C)c1OCC(C)C. The third-order valence-corrected chi connectivity index (χ3v) is 4.31. The maximum atomic E-state index is 6.19. The third-order valence-electron chi connectivity index (χ3n) is 4.31. The van der Waals surface area contributed by atoms with Crippen LogP contribution in [-0.4, -0.2) is 21.6 Å². The Morgan fingerprint density at radius 3 is 2.50 bits per heavy atom. The fourth-order valence-electron chi connectivity index (χ4n) is 3.05. The number of aryl methyl sites for hydroxylation is 3. The van der Waals surface area contributed by atoms with E-state index in [0.29, 0.717) is 11.8 Å². The smallest absolute Gasteiger partial charge is 0.125 e. The molecule has 1 aromatic heterocycles. The highest BCUT2D eigenvalue weighted by molar-refractivity contribution is 5.46. The predicted molar refractivity (Wildman–Crippen MR) is 98.7 cm³/mol. The average molecular weight is 329 g/mol. The Morgan fingerprint density at radius 1 is 1.17 bits per heavy atom. The molecule has 0 radical (unpaired) electrons. The molecule has 4 heteroatoms. The number of benzene rings is 1. The van der Waals surface area contributed by atoms with Crippen molar-refractivity contribution in [2.24, 2.45) is 5.92 Å². The number of rotatable bonds is 8. The Morgan fingerprint density at radius 2 is 1.92 bits per heavy atom. The number of ether oxygens (including phenoxy) is 1. The van der Waals surface area contributed by atoms with Crippen molar-refractivity contribution in [2.45, 2.75) is 66.8 Å². The van der Waals surface area contributed by atoms with Crippen LogP contribution in [0.25, 0.3) is 0 Å². The molecule has 2 rings (SSSR count). The molecule has 0 N–H and O–H groups in total. The van der Waals surface area contributed by atoms with E-state index in [1.54, 1.807) is 0 Å². The topological polar surface area (TPSA) is 39.9 Å². The summed E-state index contributed by atoms with van der Waals surface area (Å²) in [4.78, 5) is 0. The van der Waals surface area contributed by atoms with Gasteiger partial charge in [0.25, 0.3) is 0 Å². The molecule has 0 bridgehead atoms. The second-order valence-corrected chi connectivity index (χ2v) is 7.08. The van der Waals surface area contributed by atoms with Crippen LogP contribution in [0, 0.1) is 19.8 Å². The standard InChI is InChI=1S/C20H31N3O/c1-7-17(11-18-12-23(8-2)22-21-18)19-10-15(5)9-16(6)20(19)24-13-14(3)4/h9-10,12,14,17H,7-8,11,13H2,1-6H3. The van der Waals surface area contributed by atoms with Crippen molar-refractivity contribution in [3.05, 3.63) is 40.7 Å². The number of hydrogen-bond donors (Lipinski definition) is 0. The molecule has 4 nitrogen and oxygen atoms in total. The third kappa shape index (κ3) is 4.59. The molecule has 1 heterocycles. The second kappa shape index (κ2) is 8.32. The molecule has 2 aromatic rings. The summed E-state index contributed by atoms with van der Waals surface area (Å²) in [6.45, 7) is 14.6. The van der Waals surface area contributed by atoms with Gasteiger partial charge in [-0.1, -0.05) is 43.7 Å². The molecule has 0 saturated heterocycles. The van der Waals surface area contributed by atoms with Crippen molar-refractivity contribution in [2.75, 3.05) is 6.61 Å². The van der Waals surface area contributed by atoms with E-state index < -0.39 is 0 Å². The van der Waals surface area contributed by atoms with Crippen molar-refractivity contribution in [1.82, 2.24) is 15.0 Å². The fourth-order valence-corrected chi connectivity index (χ4v) is 3.05. The summed E-state index contributed by atoms with van der Waals surface area (Å²) >= 11 is 0. The Balaban J connectivity index is 2.31. The van der Waals surface area contributed by atoms with Crippen molar-refractivity contribution in [3.8, 4) is 5.75 Å². The summed E-state index contributed by atoms with van der Waals surface area (Å²) in [5.74, 6) is 1.97. The van der Waals surface area contributed by atoms with Gasteiger partial charge >= 0.3 is 0 Å². The van der Waals surface area contributed by atoms with Gasteiger partial charge in [-0.3, -0.25) is 4.68 Å². The number of hydrogen-bond acceptors (Lipinski definition) is 3. The van der Waals surface area contributed by atoms with Crippen LogP contribution >= 0.6 is 0 Å². The summed E-state index contributed by atoms with van der Waals surface area (Å²) < 4.78 is 8.08. The summed E-state index contributed by atoms with van der Waals surface area (Å²) in [6, 6.07) is 4.49. The monoisotopic (exact) mass is 329 g/mol. The minimum absolute atomic E-state index is 0.396. The normalized spacial score (nSPS) is 12.6. The first-order valence-electron chi connectivity index (χ1n) is 9.07. The molecular formula is C20H31N3O. The quantitative estimate of drug-likeness (QED) is 0.705. The van der Waals surface area contributed by atoms with Crippen LogP contribution in [0.1, 0.15) is 62.4 Å². The van der Waals surface area contributed by atoms with Gasteiger partial charge in [-0.2, -0.15) is 0 Å². The average Bonchev–Trinajstić information content (AvgIpc) is 2.98. The van der Waals surface area contributed by atoms with Gasteiger partial charge in [0, 0.05) is 19.2 Å². The van der Waals surface area contributed by atoms with Crippen LogP contribution in [-0.2, 0) is 13.0 Å². The molecule has 0 amide bonds. The highest BCUT2D eigenvalue weighted by Crippen LogP contribution is 2.35. The van der Waals surface area contributed by atoms with Gasteiger partial charge in [0.2, 0.25) is 0 Å². The second-order valence-electron chi connectivity index (χ2n) is 7.08. The summed E-state index contributed by atoms with van der Waals surface area (Å²) in [5, 5.41) is 8.49. The Hall–Kier alpha value is -1.84. The molecule has 1 aromatic carbocycles. The van der Waals surface area contributed by atoms with Gasteiger partial charge in [0.15, 0.2) is 0 Å². The molecule has 132 valence electrons. The summed E-state index contributed by atoms with van der Waals surface area (Å²) in [5.41, 5.74) is 4.87. The molecular weight excluding hydrogens is 298 g/mol. The zero-order valence-electron chi connectivity index (χ0n) is 16.0. The van der Waals surface area contributed by atoms with Crippen LogP contribution in [0.5, 0.6) is 5.75 Å². The molecule has 1 unspecified atom stereocenters. The van der Waals surface area contributed by atoms with Crippen LogP contribution in [0.4, 0.5) is 0 Å². The van der Waals surface area contributed by atoms with E-state index >= 15 is 0 Å². The predicted octanol–water partition coefficient (Wildman–Crippen LogP) is 4.69. The van der Waals surface area contributed by atoms with E-state index in [4.69, 9.17) is 4.74 Å². The van der Waals surface area contributed by atoms with Crippen molar-refractivity contribution in [3.63, 3.8) is 0 Å². The highest BCUT2D eigenvalue weighted by Gasteiger charge is 2.19. The molecule has 0 aliphatic carbocycles. The van der Waals surface area contributed by atoms with Gasteiger partial charge in [-0.15, -0.1) is 5.10 Å². The van der Waals surface area contributed by atoms with E-state index in [2.05, 4.69) is 70.2 Å². The Labute approximate surface area is 146 Å². The maximum Gasteiger partial charge on any atom is 0.125 e. The van der Waals surface area contributed by atoms with Gasteiger partial charge in [-0.05, 0) is 50.2 Å². The zero-order valence-corrected chi connectivity index (χ0v) is 16.0. The fraction of sp³-hybridized carbons (Fsp3) is 0.600. The van der Waals surface area contributed by atoms with Crippen LogP contribution in [0.3, 0.4) is 0 Å². The van der Waals surface area contributed by atoms with Crippen molar-refractivity contribution >= 4 is 0 Å². The molecule has 0 spiro atoms. The van der Waals surface area contributed by atoms with Gasteiger partial charge in [0.1, 0.15) is 5.75 Å². The minimum Gasteiger partial charge on any atom is -0.493 e. The lowest BCUT2D eigenvalue weighted by molar-refractivity contribution is 0.265.